The quantitative estimate of drug-likeness (QED) is 0.459. The summed E-state index contributed by atoms with van der Waals surface area (Å²) in [6, 6.07) is 0. The second-order valence-electron chi connectivity index (χ2n) is 2.90. The van der Waals surface area contributed by atoms with E-state index in [0.29, 0.717) is 4.39 Å². The Bertz CT molecular complexity index is 93.1. The maximum atomic E-state index is 8.65. The molecule has 0 saturated carbocycles. The molecule has 0 fully saturated rings. The zero-order chi connectivity index (χ0) is 7.65. The molecule has 0 aromatic rings. The van der Waals surface area contributed by atoms with Gasteiger partial charge in [0.15, 0.2) is 0 Å². The van der Waals surface area contributed by atoms with Crippen LogP contribution < -0.4 is 0 Å². The molecule has 0 heterocycles. The third-order valence-electron chi connectivity index (χ3n) is 0.986. The van der Waals surface area contributed by atoms with E-state index in [4.69, 9.17) is 10.2 Å². The molecule has 0 unspecified atom stereocenters. The minimum Gasteiger partial charge on any atom is -0.387 e. The summed E-state index contributed by atoms with van der Waals surface area (Å²) in [5, 5.41) is 17.3. The molecule has 0 bridgehead atoms. The molecule has 3 nitrogen and oxygen atoms in total. The van der Waals surface area contributed by atoms with Gasteiger partial charge in [-0.05, 0) is 0 Å². The van der Waals surface area contributed by atoms with E-state index in [0.717, 1.165) is 0 Å². The Balaban J connectivity index is 3.88. The average molecular weight is 197 g/mol. The average Bonchev–Trinajstić information content (AvgIpc) is 1.62. The summed E-state index contributed by atoms with van der Waals surface area (Å²) in [6.07, 6.45) is -1.30. The summed E-state index contributed by atoms with van der Waals surface area (Å²) < 4.78 is 0.484. The number of hydrogen-bond donors (Lipinski definition) is 2. The molecule has 0 radical (unpaired) electrons. The standard InChI is InChI=1S/C4H12BBrNO2/c1-7(2,3)5(6)4(8)9/h4,8-9H,1-3H3/q+1. The van der Waals surface area contributed by atoms with E-state index in [2.05, 4.69) is 15.8 Å². The topological polar surface area (TPSA) is 40.5 Å². The first-order chi connectivity index (χ1) is 3.85. The van der Waals surface area contributed by atoms with Gasteiger partial charge in [0.1, 0.15) is 0 Å². The van der Waals surface area contributed by atoms with Crippen molar-refractivity contribution in [1.29, 1.82) is 0 Å². The number of nitrogens with zero attached hydrogens (tertiary/aromatic N) is 1. The second-order valence-corrected chi connectivity index (χ2v) is 3.84. The fourth-order valence-electron chi connectivity index (χ4n) is 0.400. The van der Waals surface area contributed by atoms with Gasteiger partial charge < -0.3 is 14.6 Å². The highest BCUT2D eigenvalue weighted by atomic mass is 79.9. The van der Waals surface area contributed by atoms with Crippen molar-refractivity contribution < 1.29 is 14.6 Å². The fraction of sp³-hybridized carbons (Fsp3) is 1.00. The van der Waals surface area contributed by atoms with Crippen LogP contribution in [0.15, 0.2) is 0 Å². The van der Waals surface area contributed by atoms with Crippen molar-refractivity contribution in [2.75, 3.05) is 21.1 Å². The molecule has 54 valence electrons. The lowest BCUT2D eigenvalue weighted by Gasteiger charge is -2.28. The summed E-state index contributed by atoms with van der Waals surface area (Å²) in [5.74, 6) is 0. The van der Waals surface area contributed by atoms with Crippen molar-refractivity contribution in [3.63, 3.8) is 0 Å². The highest BCUT2D eigenvalue weighted by molar-refractivity contribution is 9.24. The van der Waals surface area contributed by atoms with Crippen LogP contribution in [-0.4, -0.2) is 47.6 Å². The molecule has 2 N–H and O–H groups in total. The Morgan fingerprint density at radius 2 is 1.67 bits per heavy atom. The minimum absolute atomic E-state index is 0.322. The summed E-state index contributed by atoms with van der Waals surface area (Å²) in [5.41, 5.74) is -0.322. The molecule has 0 spiro atoms. The summed E-state index contributed by atoms with van der Waals surface area (Å²) >= 11 is 3.13. The summed E-state index contributed by atoms with van der Waals surface area (Å²) in [6.45, 7) is 0. The molecule has 0 atom stereocenters. The highest BCUT2D eigenvalue weighted by Gasteiger charge is 2.36. The molecule has 0 aliphatic carbocycles. The number of aliphatic hydroxyl groups is 2. The SMILES string of the molecule is C[N+](C)(C)B(Br)C(O)O. The molecular formula is C4H12BBrNO2+. The lowest BCUT2D eigenvalue weighted by atomic mass is 9.88. The molecule has 9 heavy (non-hydrogen) atoms. The summed E-state index contributed by atoms with van der Waals surface area (Å²) in [4.78, 5) is 0. The van der Waals surface area contributed by atoms with E-state index in [1.165, 1.54) is 0 Å². The van der Waals surface area contributed by atoms with Crippen molar-refractivity contribution >= 4 is 21.4 Å². The van der Waals surface area contributed by atoms with Gasteiger partial charge in [-0.15, -0.1) is 0 Å². The van der Waals surface area contributed by atoms with Crippen LogP contribution in [0, 0.1) is 0 Å². The van der Waals surface area contributed by atoms with E-state index in [-0.39, 0.29) is 5.67 Å². The lowest BCUT2D eigenvalue weighted by Crippen LogP contribution is -2.52. The van der Waals surface area contributed by atoms with Crippen LogP contribution in [-0.2, 0) is 0 Å². The smallest absolute Gasteiger partial charge is 0.387 e. The Hall–Kier alpha value is 0.425. The third kappa shape index (κ3) is 3.20. The second kappa shape index (κ2) is 3.01. The van der Waals surface area contributed by atoms with Crippen molar-refractivity contribution in [2.24, 2.45) is 0 Å². The van der Waals surface area contributed by atoms with E-state index >= 15 is 0 Å². The first kappa shape index (κ1) is 9.42. The Labute approximate surface area is 63.9 Å². The molecule has 0 aliphatic rings. The van der Waals surface area contributed by atoms with Gasteiger partial charge in [-0.3, -0.25) is 0 Å². The highest BCUT2D eigenvalue weighted by Crippen LogP contribution is 2.07. The van der Waals surface area contributed by atoms with Crippen molar-refractivity contribution in [3.05, 3.63) is 0 Å². The van der Waals surface area contributed by atoms with Crippen LogP contribution in [0.25, 0.3) is 0 Å². The lowest BCUT2D eigenvalue weighted by molar-refractivity contribution is -0.760. The molecule has 0 aliphatic heterocycles. The zero-order valence-electron chi connectivity index (χ0n) is 5.87. The van der Waals surface area contributed by atoms with Crippen LogP contribution in [0.4, 0.5) is 0 Å². The van der Waals surface area contributed by atoms with E-state index in [9.17, 15) is 0 Å². The predicted molar refractivity (Wildman–Crippen MR) is 40.9 cm³/mol. The zero-order valence-corrected chi connectivity index (χ0v) is 7.46. The van der Waals surface area contributed by atoms with Crippen molar-refractivity contribution in [2.45, 2.75) is 6.19 Å². The maximum absolute atomic E-state index is 8.65. The normalized spacial score (nSPS) is 12.3. The van der Waals surface area contributed by atoms with Gasteiger partial charge in [-0.1, -0.05) is 15.8 Å². The number of hydrogen-bond acceptors (Lipinski definition) is 2. The monoisotopic (exact) mass is 196 g/mol. The van der Waals surface area contributed by atoms with E-state index in [1.807, 2.05) is 21.1 Å². The first-order valence-electron chi connectivity index (χ1n) is 2.67. The van der Waals surface area contributed by atoms with Gasteiger partial charge in [0.25, 0.3) is 0 Å². The molecular weight excluding hydrogens is 185 g/mol. The fourth-order valence-corrected chi connectivity index (χ4v) is 0.400. The Morgan fingerprint density at radius 1 is 1.33 bits per heavy atom. The minimum atomic E-state index is -1.30. The maximum Gasteiger partial charge on any atom is 0.540 e. The molecule has 0 rings (SSSR count). The third-order valence-corrected chi connectivity index (χ3v) is 2.69. The molecule has 5 heteroatoms. The van der Waals surface area contributed by atoms with Crippen LogP contribution in [0.1, 0.15) is 0 Å². The number of quaternary nitrogens is 1. The largest absolute Gasteiger partial charge is 0.540 e. The van der Waals surface area contributed by atoms with Gasteiger partial charge in [-0.2, -0.15) is 0 Å². The first-order valence-corrected chi connectivity index (χ1v) is 3.58. The van der Waals surface area contributed by atoms with Gasteiger partial charge in [0.2, 0.25) is 6.19 Å². The number of halogens is 1. The molecule has 0 aromatic heterocycles. The molecule has 0 aromatic carbocycles. The van der Waals surface area contributed by atoms with Gasteiger partial charge in [0.05, 0.1) is 0 Å². The van der Waals surface area contributed by atoms with Gasteiger partial charge in [0, 0.05) is 21.1 Å². The van der Waals surface area contributed by atoms with Crippen LogP contribution in [0.2, 0.25) is 0 Å². The molecule has 0 amide bonds. The van der Waals surface area contributed by atoms with Gasteiger partial charge >= 0.3 is 5.67 Å². The summed E-state index contributed by atoms with van der Waals surface area (Å²) in [7, 11) is 5.62. The Kier molecular flexibility index (Phi) is 3.15. The number of aliphatic hydroxyl groups excluding tert-OH is 1. The van der Waals surface area contributed by atoms with Gasteiger partial charge in [-0.25, -0.2) is 0 Å². The predicted octanol–water partition coefficient (Wildman–Crippen LogP) is -0.574. The number of rotatable bonds is 2. The molecule has 0 saturated heterocycles. The van der Waals surface area contributed by atoms with Crippen molar-refractivity contribution in [3.8, 4) is 0 Å². The Morgan fingerprint density at radius 3 is 1.67 bits per heavy atom. The van der Waals surface area contributed by atoms with Crippen LogP contribution in [0.5, 0.6) is 0 Å². The van der Waals surface area contributed by atoms with E-state index in [1.54, 1.807) is 0 Å². The van der Waals surface area contributed by atoms with E-state index < -0.39 is 6.19 Å². The van der Waals surface area contributed by atoms with Crippen LogP contribution in [0.3, 0.4) is 0 Å². The van der Waals surface area contributed by atoms with Crippen LogP contribution >= 0.6 is 15.8 Å². The van der Waals surface area contributed by atoms with Crippen molar-refractivity contribution in [1.82, 2.24) is 0 Å².